The number of aliphatic carboxylic acids is 1. The summed E-state index contributed by atoms with van der Waals surface area (Å²) >= 11 is 0. The van der Waals surface area contributed by atoms with Gasteiger partial charge in [0.05, 0.1) is 11.9 Å². The van der Waals surface area contributed by atoms with Crippen LogP contribution in [0.2, 0.25) is 0 Å². The third kappa shape index (κ3) is 8.12. The maximum atomic E-state index is 10.4. The van der Waals surface area contributed by atoms with Gasteiger partial charge < -0.3 is 9.84 Å². The summed E-state index contributed by atoms with van der Waals surface area (Å²) in [6.07, 6.45) is 6.64. The lowest BCUT2D eigenvalue weighted by Crippen LogP contribution is -2.32. The topological polar surface area (TPSA) is 49.8 Å². The number of rotatable bonds is 3. The molecule has 1 aliphatic rings. The SMILES string of the molecule is CC/C=C/OC(C)(C)C.CN1CCCC1C(=O)O. The van der Waals surface area contributed by atoms with E-state index in [1.807, 2.05) is 38.8 Å². The first-order valence-electron chi connectivity index (χ1n) is 6.53. The number of hydrogen-bond acceptors (Lipinski definition) is 3. The van der Waals surface area contributed by atoms with Crippen molar-refractivity contribution < 1.29 is 14.6 Å². The van der Waals surface area contributed by atoms with Crippen LogP contribution in [0.25, 0.3) is 0 Å². The molecule has 4 heteroatoms. The number of ether oxygens (including phenoxy) is 1. The van der Waals surface area contributed by atoms with Gasteiger partial charge >= 0.3 is 5.97 Å². The molecule has 4 nitrogen and oxygen atoms in total. The van der Waals surface area contributed by atoms with E-state index >= 15 is 0 Å². The molecular formula is C14H27NO3. The van der Waals surface area contributed by atoms with Crippen LogP contribution in [-0.2, 0) is 9.53 Å². The highest BCUT2D eigenvalue weighted by molar-refractivity contribution is 5.73. The summed E-state index contributed by atoms with van der Waals surface area (Å²) in [5.74, 6) is -0.685. The van der Waals surface area contributed by atoms with Crippen molar-refractivity contribution in [2.24, 2.45) is 0 Å². The van der Waals surface area contributed by atoms with E-state index in [0.29, 0.717) is 0 Å². The zero-order chi connectivity index (χ0) is 14.2. The summed E-state index contributed by atoms with van der Waals surface area (Å²) < 4.78 is 5.29. The van der Waals surface area contributed by atoms with Crippen LogP contribution in [0.15, 0.2) is 12.3 Å². The molecule has 0 saturated carbocycles. The highest BCUT2D eigenvalue weighted by Crippen LogP contribution is 2.13. The van der Waals surface area contributed by atoms with Crippen LogP contribution in [0.1, 0.15) is 47.0 Å². The van der Waals surface area contributed by atoms with Gasteiger partial charge in [-0.1, -0.05) is 13.0 Å². The highest BCUT2D eigenvalue weighted by atomic mass is 16.5. The zero-order valence-corrected chi connectivity index (χ0v) is 12.3. The van der Waals surface area contributed by atoms with E-state index in [0.717, 1.165) is 25.8 Å². The van der Waals surface area contributed by atoms with Gasteiger partial charge in [0.2, 0.25) is 0 Å². The number of likely N-dealkylation sites (N-methyl/N-ethyl adjacent to an activating group) is 1. The second-order valence-electron chi connectivity index (χ2n) is 5.49. The van der Waals surface area contributed by atoms with Gasteiger partial charge in [0.1, 0.15) is 6.04 Å². The summed E-state index contributed by atoms with van der Waals surface area (Å²) in [5.41, 5.74) is -0.0360. The second-order valence-corrected chi connectivity index (χ2v) is 5.49. The molecule has 0 aliphatic carbocycles. The first-order valence-corrected chi connectivity index (χ1v) is 6.53. The minimum atomic E-state index is -0.685. The van der Waals surface area contributed by atoms with Gasteiger partial charge in [0.25, 0.3) is 0 Å². The minimum Gasteiger partial charge on any atom is -0.496 e. The number of nitrogens with zero attached hydrogens (tertiary/aromatic N) is 1. The summed E-state index contributed by atoms with van der Waals surface area (Å²) in [6.45, 7) is 9.12. The van der Waals surface area contributed by atoms with Crippen molar-refractivity contribution in [2.45, 2.75) is 58.6 Å². The fourth-order valence-electron chi connectivity index (χ4n) is 1.57. The molecule has 1 N–H and O–H groups in total. The predicted octanol–water partition coefficient (Wildman–Crippen LogP) is 2.89. The lowest BCUT2D eigenvalue weighted by Gasteiger charge is -2.17. The second kappa shape index (κ2) is 8.14. The molecule has 0 amide bonds. The van der Waals surface area contributed by atoms with E-state index in [-0.39, 0.29) is 11.6 Å². The maximum absolute atomic E-state index is 10.4. The van der Waals surface area contributed by atoms with Gasteiger partial charge in [-0.2, -0.15) is 0 Å². The Bertz CT molecular complexity index is 269. The van der Waals surface area contributed by atoms with Gasteiger partial charge in [-0.3, -0.25) is 9.69 Å². The molecule has 1 saturated heterocycles. The van der Waals surface area contributed by atoms with E-state index in [9.17, 15) is 4.79 Å². The Kier molecular flexibility index (Phi) is 7.67. The van der Waals surface area contributed by atoms with Crippen LogP contribution in [0.5, 0.6) is 0 Å². The lowest BCUT2D eigenvalue weighted by molar-refractivity contribution is -0.141. The Hall–Kier alpha value is -1.03. The maximum Gasteiger partial charge on any atom is 0.320 e. The largest absolute Gasteiger partial charge is 0.496 e. The number of allylic oxidation sites excluding steroid dienone is 1. The number of carboxylic acid groups (broad SMARTS) is 1. The minimum absolute atomic E-state index is 0.0360. The molecule has 1 rings (SSSR count). The van der Waals surface area contributed by atoms with Crippen LogP contribution < -0.4 is 0 Å². The monoisotopic (exact) mass is 257 g/mol. The van der Waals surface area contributed by atoms with Crippen molar-refractivity contribution in [1.29, 1.82) is 0 Å². The molecular weight excluding hydrogens is 230 g/mol. The fourth-order valence-corrected chi connectivity index (χ4v) is 1.57. The van der Waals surface area contributed by atoms with Gasteiger partial charge in [-0.15, -0.1) is 0 Å². The predicted molar refractivity (Wildman–Crippen MR) is 73.6 cm³/mol. The average Bonchev–Trinajstić information content (AvgIpc) is 2.64. The summed E-state index contributed by atoms with van der Waals surface area (Å²) in [6, 6.07) is -0.218. The Balaban J connectivity index is 0.000000321. The molecule has 1 unspecified atom stereocenters. The Morgan fingerprint density at radius 1 is 1.50 bits per heavy atom. The molecule has 0 spiro atoms. The van der Waals surface area contributed by atoms with Crippen molar-refractivity contribution >= 4 is 5.97 Å². The van der Waals surface area contributed by atoms with E-state index < -0.39 is 5.97 Å². The average molecular weight is 257 g/mol. The number of likely N-dealkylation sites (tertiary alicyclic amines) is 1. The molecule has 18 heavy (non-hydrogen) atoms. The van der Waals surface area contributed by atoms with Gasteiger partial charge in [0, 0.05) is 0 Å². The van der Waals surface area contributed by atoms with Crippen molar-refractivity contribution in [3.8, 4) is 0 Å². The van der Waals surface area contributed by atoms with Crippen molar-refractivity contribution in [3.05, 3.63) is 12.3 Å². The van der Waals surface area contributed by atoms with E-state index in [4.69, 9.17) is 9.84 Å². The molecule has 0 radical (unpaired) electrons. The Morgan fingerprint density at radius 3 is 2.39 bits per heavy atom. The molecule has 0 bridgehead atoms. The van der Waals surface area contributed by atoms with E-state index in [1.54, 1.807) is 6.26 Å². The first kappa shape index (κ1) is 17.0. The quantitative estimate of drug-likeness (QED) is 0.790. The molecule has 106 valence electrons. The summed E-state index contributed by atoms with van der Waals surface area (Å²) in [7, 11) is 1.85. The summed E-state index contributed by atoms with van der Waals surface area (Å²) in [5, 5.41) is 8.54. The van der Waals surface area contributed by atoms with E-state index in [1.165, 1.54) is 0 Å². The summed E-state index contributed by atoms with van der Waals surface area (Å²) in [4.78, 5) is 12.2. The Morgan fingerprint density at radius 2 is 2.11 bits per heavy atom. The molecule has 0 aromatic rings. The first-order chi connectivity index (χ1) is 8.28. The van der Waals surface area contributed by atoms with E-state index in [2.05, 4.69) is 6.92 Å². The standard InChI is InChI=1S/C8H16O.C6H11NO2/c1-5-6-7-9-8(2,3)4;1-7-4-2-3-5(7)6(8)9/h6-7H,5H2,1-4H3;5H,2-4H2,1H3,(H,8,9)/b7-6+;. The van der Waals surface area contributed by atoms with Gasteiger partial charge in [0.15, 0.2) is 0 Å². The normalized spacial score (nSPS) is 20.6. The molecule has 1 heterocycles. The number of carbonyl (C=O) groups is 1. The van der Waals surface area contributed by atoms with Gasteiger partial charge in [-0.05, 0) is 53.6 Å². The van der Waals surface area contributed by atoms with Gasteiger partial charge in [-0.25, -0.2) is 0 Å². The van der Waals surface area contributed by atoms with Crippen LogP contribution in [0.3, 0.4) is 0 Å². The third-order valence-electron chi connectivity index (χ3n) is 2.56. The van der Waals surface area contributed by atoms with Crippen molar-refractivity contribution in [3.63, 3.8) is 0 Å². The van der Waals surface area contributed by atoms with Crippen LogP contribution in [-0.4, -0.2) is 41.2 Å². The third-order valence-corrected chi connectivity index (χ3v) is 2.56. The van der Waals surface area contributed by atoms with Crippen molar-refractivity contribution in [2.75, 3.05) is 13.6 Å². The fraction of sp³-hybridized carbons (Fsp3) is 0.786. The molecule has 0 aromatic carbocycles. The van der Waals surface area contributed by atoms with Crippen LogP contribution in [0, 0.1) is 0 Å². The molecule has 1 fully saturated rings. The zero-order valence-electron chi connectivity index (χ0n) is 12.3. The van der Waals surface area contributed by atoms with Crippen LogP contribution >= 0.6 is 0 Å². The molecule has 1 aliphatic heterocycles. The van der Waals surface area contributed by atoms with Crippen molar-refractivity contribution in [1.82, 2.24) is 4.90 Å². The van der Waals surface area contributed by atoms with Crippen LogP contribution in [0.4, 0.5) is 0 Å². The smallest absolute Gasteiger partial charge is 0.320 e. The number of hydrogen-bond donors (Lipinski definition) is 1. The number of carboxylic acids is 1. The molecule has 0 aromatic heterocycles. The molecule has 1 atom stereocenters. The highest BCUT2D eigenvalue weighted by Gasteiger charge is 2.26. The lowest BCUT2D eigenvalue weighted by atomic mass is 10.2. The Labute approximate surface area is 111 Å².